The van der Waals surface area contributed by atoms with Crippen LogP contribution in [0, 0.1) is 5.82 Å². The highest BCUT2D eigenvalue weighted by molar-refractivity contribution is 7.99. The maximum absolute atomic E-state index is 12.7. The fraction of sp³-hybridized carbons (Fsp3) is 0.188. The fourth-order valence-electron chi connectivity index (χ4n) is 1.68. The van der Waals surface area contributed by atoms with Crippen molar-refractivity contribution in [1.82, 2.24) is 5.32 Å². The topological polar surface area (TPSA) is 29.1 Å². The first kappa shape index (κ1) is 15.9. The number of hydrogen-bond acceptors (Lipinski definition) is 2. The Morgan fingerprint density at radius 2 is 1.76 bits per heavy atom. The molecule has 1 amide bonds. The summed E-state index contributed by atoms with van der Waals surface area (Å²) in [4.78, 5) is 12.7. The van der Waals surface area contributed by atoms with E-state index in [1.54, 1.807) is 24.3 Å². The SMILES string of the molecule is O=C(CCSc1ccc(F)cc1)NCc1ccc(Cl)cc1. The van der Waals surface area contributed by atoms with Gasteiger partial charge in [-0.1, -0.05) is 23.7 Å². The quantitative estimate of drug-likeness (QED) is 0.804. The molecular formula is C16H15ClFNOS. The summed E-state index contributed by atoms with van der Waals surface area (Å²) in [5.41, 5.74) is 1.01. The van der Waals surface area contributed by atoms with Crippen molar-refractivity contribution in [2.75, 3.05) is 5.75 Å². The number of thioether (sulfide) groups is 1. The van der Waals surface area contributed by atoms with Gasteiger partial charge in [-0.05, 0) is 42.0 Å². The van der Waals surface area contributed by atoms with Crippen LogP contribution in [0.5, 0.6) is 0 Å². The summed E-state index contributed by atoms with van der Waals surface area (Å²) in [6.07, 6.45) is 0.426. The molecule has 110 valence electrons. The van der Waals surface area contributed by atoms with E-state index >= 15 is 0 Å². The Balaban J connectivity index is 1.67. The maximum atomic E-state index is 12.7. The molecular weight excluding hydrogens is 309 g/mol. The van der Waals surface area contributed by atoms with E-state index in [1.807, 2.05) is 12.1 Å². The van der Waals surface area contributed by atoms with Crippen molar-refractivity contribution in [1.29, 1.82) is 0 Å². The smallest absolute Gasteiger partial charge is 0.221 e. The van der Waals surface area contributed by atoms with Crippen LogP contribution >= 0.6 is 23.4 Å². The molecule has 2 rings (SSSR count). The average molecular weight is 324 g/mol. The van der Waals surface area contributed by atoms with Crippen molar-refractivity contribution in [2.45, 2.75) is 17.9 Å². The molecule has 1 N–H and O–H groups in total. The average Bonchev–Trinajstić information content (AvgIpc) is 2.49. The first-order valence-electron chi connectivity index (χ1n) is 6.53. The van der Waals surface area contributed by atoms with Crippen LogP contribution in [0.3, 0.4) is 0 Å². The second-order valence-corrected chi connectivity index (χ2v) is 6.06. The van der Waals surface area contributed by atoms with Crippen LogP contribution in [0.25, 0.3) is 0 Å². The van der Waals surface area contributed by atoms with E-state index in [0.717, 1.165) is 10.5 Å². The van der Waals surface area contributed by atoms with E-state index in [-0.39, 0.29) is 11.7 Å². The highest BCUT2D eigenvalue weighted by Crippen LogP contribution is 2.18. The van der Waals surface area contributed by atoms with Gasteiger partial charge in [0.2, 0.25) is 5.91 Å². The number of rotatable bonds is 6. The lowest BCUT2D eigenvalue weighted by Gasteiger charge is -2.05. The molecule has 0 aliphatic rings. The summed E-state index contributed by atoms with van der Waals surface area (Å²) in [6.45, 7) is 0.497. The van der Waals surface area contributed by atoms with E-state index in [2.05, 4.69) is 5.32 Å². The molecule has 2 nitrogen and oxygen atoms in total. The van der Waals surface area contributed by atoms with E-state index in [9.17, 15) is 9.18 Å². The van der Waals surface area contributed by atoms with Gasteiger partial charge in [0, 0.05) is 28.6 Å². The van der Waals surface area contributed by atoms with Gasteiger partial charge in [-0.25, -0.2) is 4.39 Å². The largest absolute Gasteiger partial charge is 0.352 e. The zero-order valence-corrected chi connectivity index (χ0v) is 12.9. The molecule has 2 aromatic carbocycles. The first-order chi connectivity index (χ1) is 10.1. The molecule has 0 aliphatic heterocycles. The zero-order valence-electron chi connectivity index (χ0n) is 11.3. The summed E-state index contributed by atoms with van der Waals surface area (Å²) < 4.78 is 12.7. The van der Waals surface area contributed by atoms with Crippen molar-refractivity contribution in [3.8, 4) is 0 Å². The molecule has 0 bridgehead atoms. The van der Waals surface area contributed by atoms with E-state index in [1.165, 1.54) is 23.9 Å². The second kappa shape index (κ2) is 8.05. The summed E-state index contributed by atoms with van der Waals surface area (Å²) in [5, 5.41) is 3.54. The predicted octanol–water partition coefficient (Wildman–Crippen LogP) is 4.28. The molecule has 2 aromatic rings. The Morgan fingerprint density at radius 3 is 2.43 bits per heavy atom. The van der Waals surface area contributed by atoms with Gasteiger partial charge in [0.05, 0.1) is 0 Å². The van der Waals surface area contributed by atoms with Gasteiger partial charge in [0.25, 0.3) is 0 Å². The van der Waals surface area contributed by atoms with E-state index in [0.29, 0.717) is 23.7 Å². The lowest BCUT2D eigenvalue weighted by Crippen LogP contribution is -2.22. The van der Waals surface area contributed by atoms with Crippen molar-refractivity contribution in [3.63, 3.8) is 0 Å². The lowest BCUT2D eigenvalue weighted by molar-refractivity contribution is -0.120. The Morgan fingerprint density at radius 1 is 1.10 bits per heavy atom. The van der Waals surface area contributed by atoms with Gasteiger partial charge in [0.15, 0.2) is 0 Å². The Kier molecular flexibility index (Phi) is 6.08. The van der Waals surface area contributed by atoms with E-state index < -0.39 is 0 Å². The molecule has 5 heteroatoms. The summed E-state index contributed by atoms with van der Waals surface area (Å²) in [5.74, 6) is 0.414. The van der Waals surface area contributed by atoms with E-state index in [4.69, 9.17) is 11.6 Å². The Bertz CT molecular complexity index is 586. The number of benzene rings is 2. The third-order valence-electron chi connectivity index (χ3n) is 2.81. The Labute approximate surface area is 132 Å². The highest BCUT2D eigenvalue weighted by Gasteiger charge is 2.02. The number of carbonyl (C=O) groups excluding carboxylic acids is 1. The van der Waals surface area contributed by atoms with Crippen LogP contribution in [0.1, 0.15) is 12.0 Å². The van der Waals surface area contributed by atoms with Gasteiger partial charge in [-0.3, -0.25) is 4.79 Å². The van der Waals surface area contributed by atoms with Crippen LogP contribution in [0.2, 0.25) is 5.02 Å². The zero-order chi connectivity index (χ0) is 15.1. The molecule has 0 fully saturated rings. The van der Waals surface area contributed by atoms with Crippen LogP contribution in [0.4, 0.5) is 4.39 Å². The number of amides is 1. The van der Waals surface area contributed by atoms with Crippen LogP contribution in [-0.2, 0) is 11.3 Å². The summed E-state index contributed by atoms with van der Waals surface area (Å²) in [6, 6.07) is 13.6. The molecule has 0 aliphatic carbocycles. The summed E-state index contributed by atoms with van der Waals surface area (Å²) in [7, 11) is 0. The molecule has 0 atom stereocenters. The standard InChI is InChI=1S/C16H15ClFNOS/c17-13-3-1-12(2-4-13)11-19-16(20)9-10-21-15-7-5-14(18)6-8-15/h1-8H,9-11H2,(H,19,20). The highest BCUT2D eigenvalue weighted by atomic mass is 35.5. The second-order valence-electron chi connectivity index (χ2n) is 4.46. The third-order valence-corrected chi connectivity index (χ3v) is 4.08. The number of halogens is 2. The van der Waals surface area contributed by atoms with Crippen LogP contribution in [-0.4, -0.2) is 11.7 Å². The molecule has 0 unspecified atom stereocenters. The molecule has 0 heterocycles. The molecule has 0 spiro atoms. The molecule has 0 radical (unpaired) electrons. The van der Waals surface area contributed by atoms with Crippen molar-refractivity contribution in [2.24, 2.45) is 0 Å². The van der Waals surface area contributed by atoms with Gasteiger partial charge in [0.1, 0.15) is 5.82 Å². The fourth-order valence-corrected chi connectivity index (χ4v) is 2.66. The number of hydrogen-bond donors (Lipinski definition) is 1. The minimum atomic E-state index is -0.250. The Hall–Kier alpha value is -1.52. The van der Waals surface area contributed by atoms with Gasteiger partial charge >= 0.3 is 0 Å². The normalized spacial score (nSPS) is 10.4. The minimum absolute atomic E-state index is 0.000406. The summed E-state index contributed by atoms with van der Waals surface area (Å²) >= 11 is 7.33. The number of nitrogens with one attached hydrogen (secondary N) is 1. The van der Waals surface area contributed by atoms with Gasteiger partial charge < -0.3 is 5.32 Å². The third kappa shape index (κ3) is 5.78. The predicted molar refractivity (Wildman–Crippen MR) is 85.0 cm³/mol. The monoisotopic (exact) mass is 323 g/mol. The number of carbonyl (C=O) groups is 1. The first-order valence-corrected chi connectivity index (χ1v) is 7.89. The van der Waals surface area contributed by atoms with Gasteiger partial charge in [-0.2, -0.15) is 0 Å². The molecule has 21 heavy (non-hydrogen) atoms. The lowest BCUT2D eigenvalue weighted by atomic mass is 10.2. The molecule has 0 saturated carbocycles. The minimum Gasteiger partial charge on any atom is -0.352 e. The van der Waals surface area contributed by atoms with Crippen LogP contribution in [0.15, 0.2) is 53.4 Å². The van der Waals surface area contributed by atoms with Gasteiger partial charge in [-0.15, -0.1) is 11.8 Å². The molecule has 0 saturated heterocycles. The van der Waals surface area contributed by atoms with Crippen LogP contribution < -0.4 is 5.32 Å². The molecule has 0 aromatic heterocycles. The maximum Gasteiger partial charge on any atom is 0.221 e. The van der Waals surface area contributed by atoms with Crippen molar-refractivity contribution in [3.05, 3.63) is 64.9 Å². The van der Waals surface area contributed by atoms with Crippen molar-refractivity contribution >= 4 is 29.3 Å². The van der Waals surface area contributed by atoms with Crippen molar-refractivity contribution < 1.29 is 9.18 Å².